The van der Waals surface area contributed by atoms with E-state index in [1.807, 2.05) is 6.92 Å². The SMILES string of the molecule is Cc1nc(Br)c(Cc2ccccc2C)[nH]1. The van der Waals surface area contributed by atoms with E-state index in [2.05, 4.69) is 57.1 Å². The second-order valence-corrected chi connectivity index (χ2v) is 4.45. The average Bonchev–Trinajstić information content (AvgIpc) is 2.49. The molecule has 0 saturated carbocycles. The fraction of sp³-hybridized carbons (Fsp3) is 0.250. The Morgan fingerprint density at radius 1 is 1.27 bits per heavy atom. The van der Waals surface area contributed by atoms with Crippen molar-refractivity contribution in [1.29, 1.82) is 0 Å². The van der Waals surface area contributed by atoms with Crippen LogP contribution in [0.4, 0.5) is 0 Å². The highest BCUT2D eigenvalue weighted by Crippen LogP contribution is 2.19. The maximum absolute atomic E-state index is 4.30. The number of hydrogen-bond donors (Lipinski definition) is 1. The van der Waals surface area contributed by atoms with Crippen LogP contribution in [-0.2, 0) is 6.42 Å². The predicted molar refractivity (Wildman–Crippen MR) is 65.0 cm³/mol. The number of benzene rings is 1. The summed E-state index contributed by atoms with van der Waals surface area (Å²) in [5.74, 6) is 0.949. The molecule has 0 saturated heterocycles. The van der Waals surface area contributed by atoms with E-state index in [1.165, 1.54) is 11.1 Å². The first kappa shape index (κ1) is 10.4. The van der Waals surface area contributed by atoms with Gasteiger partial charge >= 0.3 is 0 Å². The lowest BCUT2D eigenvalue weighted by Gasteiger charge is -2.03. The third-order valence-corrected chi connectivity index (χ3v) is 3.13. The molecule has 3 heteroatoms. The summed E-state index contributed by atoms with van der Waals surface area (Å²) in [6, 6.07) is 8.41. The number of halogens is 1. The summed E-state index contributed by atoms with van der Waals surface area (Å²) in [7, 11) is 0. The van der Waals surface area contributed by atoms with Gasteiger partial charge in [0.1, 0.15) is 10.4 Å². The minimum atomic E-state index is 0.897. The highest BCUT2D eigenvalue weighted by atomic mass is 79.9. The third kappa shape index (κ3) is 2.29. The minimum absolute atomic E-state index is 0.897. The molecule has 1 aromatic carbocycles. The van der Waals surface area contributed by atoms with E-state index < -0.39 is 0 Å². The first-order valence-corrected chi connectivity index (χ1v) is 5.71. The normalized spacial score (nSPS) is 10.6. The molecule has 2 rings (SSSR count). The number of imidazole rings is 1. The smallest absolute Gasteiger partial charge is 0.127 e. The van der Waals surface area contributed by atoms with Gasteiger partial charge in [-0.3, -0.25) is 0 Å². The lowest BCUT2D eigenvalue weighted by Crippen LogP contribution is -1.92. The Balaban J connectivity index is 2.29. The molecule has 0 aliphatic rings. The minimum Gasteiger partial charge on any atom is -0.345 e. The highest BCUT2D eigenvalue weighted by molar-refractivity contribution is 9.10. The Labute approximate surface area is 97.9 Å². The molecule has 78 valence electrons. The summed E-state index contributed by atoms with van der Waals surface area (Å²) in [5, 5.41) is 0. The van der Waals surface area contributed by atoms with Crippen molar-refractivity contribution in [2.45, 2.75) is 20.3 Å². The molecule has 0 atom stereocenters. The molecule has 1 aromatic heterocycles. The summed E-state index contributed by atoms with van der Waals surface area (Å²) in [4.78, 5) is 7.56. The first-order valence-electron chi connectivity index (χ1n) is 4.92. The fourth-order valence-electron chi connectivity index (χ4n) is 1.63. The maximum Gasteiger partial charge on any atom is 0.127 e. The Morgan fingerprint density at radius 3 is 2.60 bits per heavy atom. The zero-order valence-corrected chi connectivity index (χ0v) is 10.4. The summed E-state index contributed by atoms with van der Waals surface area (Å²) < 4.78 is 0.920. The molecule has 2 nitrogen and oxygen atoms in total. The standard InChI is InChI=1S/C12H13BrN2/c1-8-5-3-4-6-10(8)7-11-12(13)15-9(2)14-11/h3-6H,7H2,1-2H3,(H,14,15). The predicted octanol–water partition coefficient (Wildman–Crippen LogP) is 3.38. The summed E-state index contributed by atoms with van der Waals surface area (Å²) >= 11 is 3.46. The molecule has 0 aliphatic heterocycles. The Kier molecular flexibility index (Phi) is 2.91. The summed E-state index contributed by atoms with van der Waals surface area (Å²) in [5.41, 5.74) is 3.79. The molecular weight excluding hydrogens is 252 g/mol. The van der Waals surface area contributed by atoms with Gasteiger partial charge in [0.2, 0.25) is 0 Å². The van der Waals surface area contributed by atoms with E-state index in [0.717, 1.165) is 22.5 Å². The summed E-state index contributed by atoms with van der Waals surface area (Å²) in [6.07, 6.45) is 0.897. The van der Waals surface area contributed by atoms with Crippen molar-refractivity contribution in [2.24, 2.45) is 0 Å². The number of hydrogen-bond acceptors (Lipinski definition) is 1. The number of aryl methyl sites for hydroxylation is 2. The van der Waals surface area contributed by atoms with Crippen molar-refractivity contribution < 1.29 is 0 Å². The lowest BCUT2D eigenvalue weighted by atomic mass is 10.0. The second-order valence-electron chi connectivity index (χ2n) is 3.69. The van der Waals surface area contributed by atoms with E-state index in [-0.39, 0.29) is 0 Å². The number of rotatable bonds is 2. The monoisotopic (exact) mass is 264 g/mol. The van der Waals surface area contributed by atoms with Crippen LogP contribution in [0.2, 0.25) is 0 Å². The van der Waals surface area contributed by atoms with Crippen molar-refractivity contribution in [3.63, 3.8) is 0 Å². The number of aromatic nitrogens is 2. The number of H-pyrrole nitrogens is 1. The van der Waals surface area contributed by atoms with Crippen LogP contribution >= 0.6 is 15.9 Å². The molecular formula is C12H13BrN2. The van der Waals surface area contributed by atoms with Crippen molar-refractivity contribution in [3.8, 4) is 0 Å². The van der Waals surface area contributed by atoms with Crippen LogP contribution in [0.3, 0.4) is 0 Å². The van der Waals surface area contributed by atoms with Crippen LogP contribution in [0.15, 0.2) is 28.9 Å². The third-order valence-electron chi connectivity index (χ3n) is 2.48. The van der Waals surface area contributed by atoms with Gasteiger partial charge in [-0.15, -0.1) is 0 Å². The van der Waals surface area contributed by atoms with Crippen molar-refractivity contribution in [1.82, 2.24) is 9.97 Å². The Hall–Kier alpha value is -1.09. The molecule has 0 unspecified atom stereocenters. The molecule has 0 radical (unpaired) electrons. The molecule has 1 N–H and O–H groups in total. The van der Waals surface area contributed by atoms with Crippen molar-refractivity contribution in [3.05, 3.63) is 51.5 Å². The van der Waals surface area contributed by atoms with Crippen LogP contribution in [-0.4, -0.2) is 9.97 Å². The van der Waals surface area contributed by atoms with Crippen LogP contribution in [0.1, 0.15) is 22.6 Å². The highest BCUT2D eigenvalue weighted by Gasteiger charge is 2.06. The number of nitrogens with one attached hydrogen (secondary N) is 1. The first-order chi connectivity index (χ1) is 7.16. The van der Waals surface area contributed by atoms with Crippen LogP contribution in [0.5, 0.6) is 0 Å². The van der Waals surface area contributed by atoms with Gasteiger partial charge in [-0.05, 0) is 40.9 Å². The molecule has 0 amide bonds. The van der Waals surface area contributed by atoms with Gasteiger partial charge in [0.05, 0.1) is 5.69 Å². The topological polar surface area (TPSA) is 28.7 Å². The average molecular weight is 265 g/mol. The Bertz CT molecular complexity index is 474. The van der Waals surface area contributed by atoms with E-state index in [9.17, 15) is 0 Å². The summed E-state index contributed by atoms with van der Waals surface area (Å²) in [6.45, 7) is 4.10. The van der Waals surface area contributed by atoms with Gasteiger partial charge < -0.3 is 4.98 Å². The Morgan fingerprint density at radius 2 is 2.00 bits per heavy atom. The van der Waals surface area contributed by atoms with Gasteiger partial charge in [0.15, 0.2) is 0 Å². The largest absolute Gasteiger partial charge is 0.345 e. The van der Waals surface area contributed by atoms with E-state index in [0.29, 0.717) is 0 Å². The van der Waals surface area contributed by atoms with E-state index >= 15 is 0 Å². The van der Waals surface area contributed by atoms with Gasteiger partial charge in [0, 0.05) is 6.42 Å². The second kappa shape index (κ2) is 4.19. The maximum atomic E-state index is 4.30. The fourth-order valence-corrected chi connectivity index (χ4v) is 2.13. The quantitative estimate of drug-likeness (QED) is 0.885. The molecule has 0 fully saturated rings. The van der Waals surface area contributed by atoms with Gasteiger partial charge in [-0.1, -0.05) is 24.3 Å². The molecule has 1 heterocycles. The molecule has 15 heavy (non-hydrogen) atoms. The lowest BCUT2D eigenvalue weighted by molar-refractivity contribution is 1.06. The zero-order chi connectivity index (χ0) is 10.8. The molecule has 0 bridgehead atoms. The number of nitrogens with zero attached hydrogens (tertiary/aromatic N) is 1. The van der Waals surface area contributed by atoms with Gasteiger partial charge in [0.25, 0.3) is 0 Å². The molecule has 2 aromatic rings. The zero-order valence-electron chi connectivity index (χ0n) is 8.84. The molecule has 0 spiro atoms. The van der Waals surface area contributed by atoms with Crippen molar-refractivity contribution in [2.75, 3.05) is 0 Å². The van der Waals surface area contributed by atoms with Crippen LogP contribution in [0, 0.1) is 13.8 Å². The number of aromatic amines is 1. The van der Waals surface area contributed by atoms with Crippen LogP contribution < -0.4 is 0 Å². The van der Waals surface area contributed by atoms with E-state index in [1.54, 1.807) is 0 Å². The van der Waals surface area contributed by atoms with Gasteiger partial charge in [-0.2, -0.15) is 0 Å². The van der Waals surface area contributed by atoms with Gasteiger partial charge in [-0.25, -0.2) is 4.98 Å². The molecule has 0 aliphatic carbocycles. The van der Waals surface area contributed by atoms with Crippen molar-refractivity contribution >= 4 is 15.9 Å². The van der Waals surface area contributed by atoms with Crippen LogP contribution in [0.25, 0.3) is 0 Å². The van der Waals surface area contributed by atoms with E-state index in [4.69, 9.17) is 0 Å².